The molecular weight excluding hydrogens is 304 g/mol. The first-order chi connectivity index (χ1) is 11.5. The van der Waals surface area contributed by atoms with Gasteiger partial charge in [-0.05, 0) is 31.3 Å². The Balaban J connectivity index is 2.29. The van der Waals surface area contributed by atoms with Crippen LogP contribution in [0, 0.1) is 11.8 Å². The highest BCUT2D eigenvalue weighted by molar-refractivity contribution is 5.95. The predicted molar refractivity (Wildman–Crippen MR) is 95.8 cm³/mol. The molecule has 0 spiro atoms. The molecule has 4 nitrogen and oxygen atoms in total. The number of unbranched alkanes of at least 4 members (excludes halogenated alkanes) is 5. The van der Waals surface area contributed by atoms with Gasteiger partial charge in [0.1, 0.15) is 0 Å². The molecule has 136 valence electrons. The molecule has 2 N–H and O–H groups in total. The lowest BCUT2D eigenvalue weighted by Gasteiger charge is -2.15. The number of carbonyl (C=O) groups excluding carboxylic acids is 1. The summed E-state index contributed by atoms with van der Waals surface area (Å²) < 4.78 is 0. The Morgan fingerprint density at radius 2 is 1.96 bits per heavy atom. The first kappa shape index (κ1) is 20.6. The maximum absolute atomic E-state index is 12.0. The molecule has 0 radical (unpaired) electrons. The average Bonchev–Trinajstić information content (AvgIpc) is 2.89. The van der Waals surface area contributed by atoms with E-state index in [1.165, 1.54) is 0 Å². The van der Waals surface area contributed by atoms with Crippen molar-refractivity contribution in [1.82, 2.24) is 0 Å². The number of hydrogen-bond acceptors (Lipinski definition) is 3. The van der Waals surface area contributed by atoms with E-state index < -0.39 is 12.1 Å². The van der Waals surface area contributed by atoms with Crippen LogP contribution >= 0.6 is 0 Å². The fourth-order valence-corrected chi connectivity index (χ4v) is 3.13. The van der Waals surface area contributed by atoms with Crippen molar-refractivity contribution in [1.29, 1.82) is 0 Å². The molecule has 0 aromatic carbocycles. The van der Waals surface area contributed by atoms with Crippen LogP contribution in [0.4, 0.5) is 0 Å². The van der Waals surface area contributed by atoms with Crippen LogP contribution < -0.4 is 0 Å². The molecular formula is C20H32O4. The highest BCUT2D eigenvalue weighted by Gasteiger charge is 2.27. The monoisotopic (exact) mass is 336 g/mol. The summed E-state index contributed by atoms with van der Waals surface area (Å²) in [5.74, 6) is -0.522. The van der Waals surface area contributed by atoms with Crippen molar-refractivity contribution in [3.63, 3.8) is 0 Å². The van der Waals surface area contributed by atoms with Gasteiger partial charge in [0, 0.05) is 12.3 Å². The average molecular weight is 336 g/mol. The van der Waals surface area contributed by atoms with Crippen LogP contribution in [0.25, 0.3) is 0 Å². The topological polar surface area (TPSA) is 74.6 Å². The second kappa shape index (κ2) is 12.0. The van der Waals surface area contributed by atoms with Gasteiger partial charge >= 0.3 is 5.97 Å². The van der Waals surface area contributed by atoms with Gasteiger partial charge in [-0.15, -0.1) is 0 Å². The van der Waals surface area contributed by atoms with Gasteiger partial charge in [0.2, 0.25) is 0 Å². The summed E-state index contributed by atoms with van der Waals surface area (Å²) in [6.45, 7) is 2.14. The molecule has 1 aliphatic carbocycles. The Labute approximate surface area is 145 Å². The zero-order chi connectivity index (χ0) is 17.8. The van der Waals surface area contributed by atoms with E-state index in [0.717, 1.165) is 57.8 Å². The van der Waals surface area contributed by atoms with Crippen molar-refractivity contribution in [2.24, 2.45) is 11.8 Å². The van der Waals surface area contributed by atoms with Gasteiger partial charge in [-0.3, -0.25) is 9.59 Å². The standard InChI is InChI=1S/C20H32O4/c1-2-3-6-10-17(21)13-14-18-16(12-15-19(18)22)9-7-4-5-8-11-20(23)24/h12-18,21H,2-11H2,1H3,(H,23,24)/b14-13+/t16-,17-,18-/m1/s1. The first-order valence-electron chi connectivity index (χ1n) is 9.34. The number of aliphatic carboxylic acids is 1. The molecule has 1 rings (SSSR count). The normalized spacial score (nSPS) is 21.7. The quantitative estimate of drug-likeness (QED) is 0.389. The van der Waals surface area contributed by atoms with Gasteiger partial charge in [-0.25, -0.2) is 0 Å². The van der Waals surface area contributed by atoms with E-state index in [1.54, 1.807) is 12.2 Å². The lowest BCUT2D eigenvalue weighted by atomic mass is 9.89. The molecule has 0 aromatic rings. The molecule has 0 bridgehead atoms. The van der Waals surface area contributed by atoms with Crippen LogP contribution in [0.15, 0.2) is 24.3 Å². The van der Waals surface area contributed by atoms with Crippen LogP contribution in [-0.2, 0) is 9.59 Å². The van der Waals surface area contributed by atoms with E-state index in [9.17, 15) is 14.7 Å². The molecule has 0 saturated heterocycles. The molecule has 0 heterocycles. The maximum atomic E-state index is 12.0. The minimum absolute atomic E-state index is 0.128. The molecule has 3 atom stereocenters. The van der Waals surface area contributed by atoms with Crippen molar-refractivity contribution in [3.8, 4) is 0 Å². The van der Waals surface area contributed by atoms with Gasteiger partial charge in [-0.1, -0.05) is 63.7 Å². The molecule has 0 amide bonds. The van der Waals surface area contributed by atoms with Crippen molar-refractivity contribution >= 4 is 11.8 Å². The SMILES string of the molecule is CCCCC[C@@H](O)/C=C/[C@H]1C(=O)C=C[C@H]1CCCCCCC(=O)O. The van der Waals surface area contributed by atoms with E-state index in [4.69, 9.17) is 5.11 Å². The van der Waals surface area contributed by atoms with Crippen molar-refractivity contribution in [2.45, 2.75) is 77.2 Å². The number of hydrogen-bond donors (Lipinski definition) is 2. The van der Waals surface area contributed by atoms with Crippen LogP contribution in [0.2, 0.25) is 0 Å². The third-order valence-corrected chi connectivity index (χ3v) is 4.62. The van der Waals surface area contributed by atoms with E-state index >= 15 is 0 Å². The first-order valence-corrected chi connectivity index (χ1v) is 9.34. The van der Waals surface area contributed by atoms with E-state index in [0.29, 0.717) is 0 Å². The Morgan fingerprint density at radius 1 is 1.21 bits per heavy atom. The molecule has 0 aliphatic heterocycles. The van der Waals surface area contributed by atoms with E-state index in [1.807, 2.05) is 12.2 Å². The fourth-order valence-electron chi connectivity index (χ4n) is 3.13. The lowest BCUT2D eigenvalue weighted by molar-refractivity contribution is -0.137. The van der Waals surface area contributed by atoms with Gasteiger partial charge in [0.25, 0.3) is 0 Å². The zero-order valence-corrected chi connectivity index (χ0v) is 14.8. The summed E-state index contributed by atoms with van der Waals surface area (Å²) in [6.07, 6.45) is 15.7. The summed E-state index contributed by atoms with van der Waals surface area (Å²) in [5, 5.41) is 18.6. The van der Waals surface area contributed by atoms with Gasteiger partial charge in [0.05, 0.1) is 6.10 Å². The Bertz CT molecular complexity index is 439. The van der Waals surface area contributed by atoms with Gasteiger partial charge in [-0.2, -0.15) is 0 Å². The van der Waals surface area contributed by atoms with Crippen molar-refractivity contribution in [3.05, 3.63) is 24.3 Å². The molecule has 0 aromatic heterocycles. The summed E-state index contributed by atoms with van der Waals surface area (Å²) in [4.78, 5) is 22.4. The zero-order valence-electron chi connectivity index (χ0n) is 14.8. The van der Waals surface area contributed by atoms with E-state index in [2.05, 4.69) is 6.92 Å². The maximum Gasteiger partial charge on any atom is 0.303 e. The number of carboxylic acid groups (broad SMARTS) is 1. The Hall–Kier alpha value is -1.42. The predicted octanol–water partition coefficient (Wildman–Crippen LogP) is 4.28. The third kappa shape index (κ3) is 8.44. The molecule has 1 aliphatic rings. The highest BCUT2D eigenvalue weighted by atomic mass is 16.4. The number of aliphatic hydroxyl groups is 1. The van der Waals surface area contributed by atoms with Crippen LogP contribution in [-0.4, -0.2) is 28.1 Å². The number of carbonyl (C=O) groups is 2. The summed E-state index contributed by atoms with van der Waals surface area (Å²) in [5.41, 5.74) is 0. The largest absolute Gasteiger partial charge is 0.481 e. The van der Waals surface area contributed by atoms with Gasteiger partial charge in [0.15, 0.2) is 5.78 Å². The summed E-state index contributed by atoms with van der Waals surface area (Å²) in [7, 11) is 0. The number of aliphatic hydroxyl groups excluding tert-OH is 1. The minimum Gasteiger partial charge on any atom is -0.481 e. The molecule has 4 heteroatoms. The van der Waals surface area contributed by atoms with Gasteiger partial charge < -0.3 is 10.2 Å². The Morgan fingerprint density at radius 3 is 2.67 bits per heavy atom. The summed E-state index contributed by atoms with van der Waals surface area (Å²) in [6, 6.07) is 0. The summed E-state index contributed by atoms with van der Waals surface area (Å²) >= 11 is 0. The van der Waals surface area contributed by atoms with Crippen molar-refractivity contribution < 1.29 is 19.8 Å². The fraction of sp³-hybridized carbons (Fsp3) is 0.700. The third-order valence-electron chi connectivity index (χ3n) is 4.62. The van der Waals surface area contributed by atoms with E-state index in [-0.39, 0.29) is 24.0 Å². The second-order valence-corrected chi connectivity index (χ2v) is 6.75. The molecule has 24 heavy (non-hydrogen) atoms. The number of carboxylic acids is 1. The smallest absolute Gasteiger partial charge is 0.303 e. The van der Waals surface area contributed by atoms with Crippen molar-refractivity contribution in [2.75, 3.05) is 0 Å². The Kier molecular flexibility index (Phi) is 10.3. The number of ketones is 1. The van der Waals surface area contributed by atoms with Crippen LogP contribution in [0.5, 0.6) is 0 Å². The molecule has 0 fully saturated rings. The second-order valence-electron chi connectivity index (χ2n) is 6.75. The number of rotatable bonds is 13. The minimum atomic E-state index is -0.734. The lowest BCUT2D eigenvalue weighted by Crippen LogP contribution is -2.14. The number of allylic oxidation sites excluding steroid dienone is 3. The highest BCUT2D eigenvalue weighted by Crippen LogP contribution is 2.29. The molecule has 0 unspecified atom stereocenters. The van der Waals surface area contributed by atoms with Crippen LogP contribution in [0.3, 0.4) is 0 Å². The molecule has 0 saturated carbocycles. The van der Waals surface area contributed by atoms with Crippen LogP contribution in [0.1, 0.15) is 71.1 Å².